The third-order valence-electron chi connectivity index (χ3n) is 7.52. The number of fused-ring (bicyclic) bond motifs is 9. The number of ketones is 1. The molecule has 7 atom stereocenters. The lowest BCUT2D eigenvalue weighted by Crippen LogP contribution is -2.67. The van der Waals surface area contributed by atoms with Crippen molar-refractivity contribution in [3.8, 4) is 0 Å². The smallest absolute Gasteiger partial charge is 0.299 e. The third-order valence-corrected chi connectivity index (χ3v) is 9.46. The van der Waals surface area contributed by atoms with Crippen molar-refractivity contribution in [1.29, 1.82) is 0 Å². The molecule has 0 aromatic rings. The van der Waals surface area contributed by atoms with Crippen LogP contribution < -0.4 is 0 Å². The number of hydrogen-bond donors (Lipinski definition) is 0. The minimum absolute atomic E-state index is 0.0434. The molecule has 4 bridgehead atoms. The molecule has 0 N–H and O–H groups in total. The second kappa shape index (κ2) is 4.97. The predicted molar refractivity (Wildman–Crippen MR) is 77.6 cm³/mol. The summed E-state index contributed by atoms with van der Waals surface area (Å²) in [5.41, 5.74) is 0. The topological polar surface area (TPSA) is 51.2 Å². The number of hydrogen-bond acceptors (Lipinski definition) is 3. The molecule has 26 heavy (non-hydrogen) atoms. The van der Waals surface area contributed by atoms with Gasteiger partial charge in [0.05, 0.1) is 0 Å². The Morgan fingerprint density at radius 3 is 1.96 bits per heavy atom. The largest absolute Gasteiger partial charge is 0.417 e. The molecule has 7 unspecified atom stereocenters. The van der Waals surface area contributed by atoms with Crippen LogP contribution >= 0.6 is 0 Å². The van der Waals surface area contributed by atoms with Gasteiger partial charge >= 0.3 is 12.4 Å². The quantitative estimate of drug-likeness (QED) is 0.524. The molecule has 0 aliphatic heterocycles. The van der Waals surface area contributed by atoms with Crippen LogP contribution in [0, 0.1) is 41.4 Å². The fourth-order valence-electron chi connectivity index (χ4n) is 7.07. The molecule has 0 aromatic heterocycles. The van der Waals surface area contributed by atoms with Gasteiger partial charge in [-0.3, -0.25) is 4.79 Å². The molecular formula is C16H18F6O3S. The summed E-state index contributed by atoms with van der Waals surface area (Å²) >= 11 is 0. The standard InChI is InChI=1S/C16H18F6O3S/c1-26(24,25)14(15(17,18)19,16(20,21)22)10-4-6-2-8(10)12-7-3-9(13(6)12)11(23)5-7/h6-10,12-13H,2-5H2,1H3. The van der Waals surface area contributed by atoms with E-state index in [4.69, 9.17) is 0 Å². The monoisotopic (exact) mass is 404 g/mol. The van der Waals surface area contributed by atoms with Gasteiger partial charge in [-0.15, -0.1) is 0 Å². The first-order chi connectivity index (χ1) is 11.7. The minimum Gasteiger partial charge on any atom is -0.299 e. The first-order valence-corrected chi connectivity index (χ1v) is 10.5. The van der Waals surface area contributed by atoms with E-state index in [1.54, 1.807) is 0 Å². The van der Waals surface area contributed by atoms with Crippen molar-refractivity contribution < 1.29 is 39.6 Å². The fraction of sp³-hybridized carbons (Fsp3) is 0.938. The average molecular weight is 404 g/mol. The van der Waals surface area contributed by atoms with Gasteiger partial charge in [0.2, 0.25) is 0 Å². The number of carbonyl (C=O) groups is 1. The van der Waals surface area contributed by atoms with Crippen LogP contribution in [0.5, 0.6) is 0 Å². The maximum Gasteiger partial charge on any atom is 0.417 e. The normalized spacial score (nSPS) is 42.6. The molecule has 10 heteroatoms. The Bertz CT molecular complexity index is 741. The van der Waals surface area contributed by atoms with Gasteiger partial charge in [0.15, 0.2) is 9.84 Å². The number of halogens is 6. The van der Waals surface area contributed by atoms with E-state index in [1.807, 2.05) is 0 Å². The molecule has 0 heterocycles. The van der Waals surface area contributed by atoms with Crippen LogP contribution in [-0.4, -0.2) is 37.6 Å². The van der Waals surface area contributed by atoms with E-state index in [2.05, 4.69) is 0 Å². The second-order valence-electron chi connectivity index (χ2n) is 8.43. The van der Waals surface area contributed by atoms with Crippen molar-refractivity contribution in [2.24, 2.45) is 41.4 Å². The number of sulfone groups is 1. The molecule has 4 saturated carbocycles. The van der Waals surface area contributed by atoms with Crippen molar-refractivity contribution >= 4 is 15.6 Å². The highest BCUT2D eigenvalue weighted by molar-refractivity contribution is 7.92. The summed E-state index contributed by atoms with van der Waals surface area (Å²) in [6.45, 7) is 0. The van der Waals surface area contributed by atoms with Crippen LogP contribution in [0.15, 0.2) is 0 Å². The highest BCUT2D eigenvalue weighted by Gasteiger charge is 2.83. The number of alkyl halides is 6. The summed E-state index contributed by atoms with van der Waals surface area (Å²) < 4.78 is 102. The van der Waals surface area contributed by atoms with Crippen LogP contribution in [-0.2, 0) is 14.6 Å². The van der Waals surface area contributed by atoms with Crippen molar-refractivity contribution in [1.82, 2.24) is 0 Å². The number of carbonyl (C=O) groups excluding carboxylic acids is 1. The molecule has 4 aliphatic carbocycles. The van der Waals surface area contributed by atoms with Gasteiger partial charge in [0.25, 0.3) is 4.75 Å². The van der Waals surface area contributed by atoms with Gasteiger partial charge in [0.1, 0.15) is 5.78 Å². The predicted octanol–water partition coefficient (Wildman–Crippen LogP) is 3.39. The summed E-state index contributed by atoms with van der Waals surface area (Å²) in [7, 11) is -5.52. The Labute approximate surface area is 146 Å². The molecule has 3 nitrogen and oxygen atoms in total. The summed E-state index contributed by atoms with van der Waals surface area (Å²) in [6, 6.07) is 0. The molecule has 148 valence electrons. The molecule has 0 spiro atoms. The lowest BCUT2D eigenvalue weighted by molar-refractivity contribution is -0.286. The molecule has 4 rings (SSSR count). The zero-order valence-electron chi connectivity index (χ0n) is 13.8. The lowest BCUT2D eigenvalue weighted by atomic mass is 9.64. The first kappa shape index (κ1) is 18.6. The van der Waals surface area contributed by atoms with Crippen LogP contribution in [0.4, 0.5) is 26.3 Å². The zero-order chi connectivity index (χ0) is 19.4. The molecule has 0 aromatic carbocycles. The Kier molecular flexibility index (Phi) is 3.55. The van der Waals surface area contributed by atoms with Gasteiger partial charge in [-0.05, 0) is 54.8 Å². The maximum atomic E-state index is 13.8. The van der Waals surface area contributed by atoms with E-state index in [1.165, 1.54) is 0 Å². The summed E-state index contributed by atoms with van der Waals surface area (Å²) in [5.74, 6) is -4.38. The molecule has 4 fully saturated rings. The van der Waals surface area contributed by atoms with E-state index in [0.717, 1.165) is 0 Å². The minimum atomic E-state index is -5.95. The highest BCUT2D eigenvalue weighted by atomic mass is 32.2. The van der Waals surface area contributed by atoms with Crippen molar-refractivity contribution in [3.63, 3.8) is 0 Å². The van der Waals surface area contributed by atoms with E-state index in [9.17, 15) is 39.6 Å². The summed E-state index contributed by atoms with van der Waals surface area (Å²) in [5, 5.41) is 0. The molecule has 0 radical (unpaired) electrons. The lowest BCUT2D eigenvalue weighted by Gasteiger charge is -2.47. The van der Waals surface area contributed by atoms with Crippen molar-refractivity contribution in [2.45, 2.75) is 42.8 Å². The Morgan fingerprint density at radius 2 is 1.46 bits per heavy atom. The molecule has 0 saturated heterocycles. The van der Waals surface area contributed by atoms with E-state index in [0.29, 0.717) is 6.42 Å². The van der Waals surface area contributed by atoms with Gasteiger partial charge in [0, 0.05) is 18.6 Å². The van der Waals surface area contributed by atoms with Gasteiger partial charge in [-0.2, -0.15) is 26.3 Å². The van der Waals surface area contributed by atoms with Crippen LogP contribution in [0.25, 0.3) is 0 Å². The molecular weight excluding hydrogens is 386 g/mol. The second-order valence-corrected chi connectivity index (χ2v) is 10.6. The number of rotatable bonds is 2. The number of Topliss-reactive ketones (excluding diaryl/α,β-unsaturated/α-hetero) is 1. The zero-order valence-corrected chi connectivity index (χ0v) is 14.6. The Hall–Kier alpha value is -0.800. The maximum absolute atomic E-state index is 13.8. The molecule has 4 aliphatic rings. The van der Waals surface area contributed by atoms with E-state index in [-0.39, 0.29) is 42.6 Å². The SMILES string of the molecule is CS(=O)(=O)C(C1CC2CC1C1C3CC(=O)C(C3)C21)(C(F)(F)F)C(F)(F)F. The van der Waals surface area contributed by atoms with E-state index < -0.39 is 57.0 Å². The van der Waals surface area contributed by atoms with E-state index >= 15 is 0 Å². The van der Waals surface area contributed by atoms with Crippen LogP contribution in [0.3, 0.4) is 0 Å². The Balaban J connectivity index is 1.82. The van der Waals surface area contributed by atoms with Crippen molar-refractivity contribution in [2.75, 3.05) is 6.26 Å². The molecule has 0 amide bonds. The van der Waals surface area contributed by atoms with Crippen molar-refractivity contribution in [3.05, 3.63) is 0 Å². The van der Waals surface area contributed by atoms with Gasteiger partial charge in [-0.1, -0.05) is 0 Å². The Morgan fingerprint density at radius 1 is 0.885 bits per heavy atom. The third kappa shape index (κ3) is 1.97. The van der Waals surface area contributed by atoms with Gasteiger partial charge < -0.3 is 0 Å². The highest BCUT2D eigenvalue weighted by Crippen LogP contribution is 2.72. The average Bonchev–Trinajstić information content (AvgIpc) is 3.09. The first-order valence-electron chi connectivity index (χ1n) is 8.57. The summed E-state index contributed by atoms with van der Waals surface area (Å²) in [6.07, 6.45) is -11.4. The van der Waals surface area contributed by atoms with Gasteiger partial charge in [-0.25, -0.2) is 8.42 Å². The van der Waals surface area contributed by atoms with Crippen LogP contribution in [0.1, 0.15) is 25.7 Å². The summed E-state index contributed by atoms with van der Waals surface area (Å²) in [4.78, 5) is 12.0. The fourth-order valence-corrected chi connectivity index (χ4v) is 8.73. The van der Waals surface area contributed by atoms with Crippen LogP contribution in [0.2, 0.25) is 0 Å².